The Bertz CT molecular complexity index is 433. The Morgan fingerprint density at radius 3 is 2.30 bits per heavy atom. The Morgan fingerprint density at radius 1 is 1.15 bits per heavy atom. The second kappa shape index (κ2) is 8.64. The summed E-state index contributed by atoms with van der Waals surface area (Å²) in [4.78, 5) is 21.8. The number of thiol groups is 1. The van der Waals surface area contributed by atoms with Crippen LogP contribution in [0.2, 0.25) is 0 Å². The molecule has 110 valence electrons. The molecule has 0 saturated heterocycles. The zero-order valence-electron chi connectivity index (χ0n) is 11.2. The maximum atomic E-state index is 11.2. The predicted molar refractivity (Wildman–Crippen MR) is 80.1 cm³/mol. The summed E-state index contributed by atoms with van der Waals surface area (Å²) in [5.74, 6) is -1.78. The van der Waals surface area contributed by atoms with E-state index in [9.17, 15) is 14.7 Å². The Morgan fingerprint density at radius 2 is 1.80 bits per heavy atom. The summed E-state index contributed by atoms with van der Waals surface area (Å²) in [6.45, 7) is 0. The van der Waals surface area contributed by atoms with Gasteiger partial charge in [0.1, 0.15) is 0 Å². The molecule has 0 bridgehead atoms. The van der Waals surface area contributed by atoms with E-state index < -0.39 is 17.9 Å². The highest BCUT2D eigenvalue weighted by Gasteiger charge is 2.23. The lowest BCUT2D eigenvalue weighted by Gasteiger charge is -2.19. The van der Waals surface area contributed by atoms with Crippen LogP contribution in [0.15, 0.2) is 30.3 Å². The fourth-order valence-corrected chi connectivity index (χ4v) is 2.49. The first-order valence-electron chi connectivity index (χ1n) is 6.62. The normalized spacial score (nSPS) is 13.7. The van der Waals surface area contributed by atoms with E-state index in [0.29, 0.717) is 12.2 Å². The minimum Gasteiger partial charge on any atom is -0.481 e. The Kier molecular flexibility index (Phi) is 7.15. The summed E-state index contributed by atoms with van der Waals surface area (Å²) >= 11 is 4.29. The second-order valence-electron chi connectivity index (χ2n) is 4.94. The molecule has 0 fully saturated rings. The maximum Gasteiger partial charge on any atom is 0.306 e. The van der Waals surface area contributed by atoms with E-state index in [0.717, 1.165) is 12.0 Å². The minimum atomic E-state index is -0.957. The number of carboxylic acids is 2. The topological polar surface area (TPSA) is 74.6 Å². The summed E-state index contributed by atoms with van der Waals surface area (Å²) in [5.41, 5.74) is 1.15. The summed E-state index contributed by atoms with van der Waals surface area (Å²) in [6, 6.07) is 9.84. The van der Waals surface area contributed by atoms with Crippen molar-refractivity contribution in [2.45, 2.75) is 25.7 Å². The largest absolute Gasteiger partial charge is 0.481 e. The van der Waals surface area contributed by atoms with Gasteiger partial charge in [0.25, 0.3) is 0 Å². The molecular formula is C15H20O4S. The summed E-state index contributed by atoms with van der Waals surface area (Å²) in [7, 11) is 0. The molecule has 0 heterocycles. The standard InChI is InChI=1S/C15H20O4S/c16-14(17)7-6-13(15(18)19)9-12(10-20)8-11-4-2-1-3-5-11/h1-5,12-13,20H,6-10H2,(H,16,17)(H,18,19). The van der Waals surface area contributed by atoms with Gasteiger partial charge in [-0.2, -0.15) is 12.6 Å². The quantitative estimate of drug-likeness (QED) is 0.613. The van der Waals surface area contributed by atoms with E-state index in [1.165, 1.54) is 0 Å². The monoisotopic (exact) mass is 296 g/mol. The van der Waals surface area contributed by atoms with Crippen LogP contribution >= 0.6 is 12.6 Å². The van der Waals surface area contributed by atoms with Gasteiger partial charge < -0.3 is 10.2 Å². The molecule has 20 heavy (non-hydrogen) atoms. The average molecular weight is 296 g/mol. The number of hydrogen-bond donors (Lipinski definition) is 3. The van der Waals surface area contributed by atoms with Gasteiger partial charge in [-0.25, -0.2) is 0 Å². The van der Waals surface area contributed by atoms with Gasteiger partial charge in [-0.05, 0) is 36.5 Å². The number of hydrogen-bond acceptors (Lipinski definition) is 3. The van der Waals surface area contributed by atoms with Crippen LogP contribution in [0, 0.1) is 11.8 Å². The third kappa shape index (κ3) is 6.10. The fourth-order valence-electron chi connectivity index (χ4n) is 2.21. The molecule has 5 heteroatoms. The van der Waals surface area contributed by atoms with E-state index in [1.807, 2.05) is 30.3 Å². The molecule has 0 aromatic heterocycles. The Labute approximate surface area is 124 Å². The first-order valence-corrected chi connectivity index (χ1v) is 7.25. The van der Waals surface area contributed by atoms with Crippen molar-refractivity contribution in [1.29, 1.82) is 0 Å². The molecule has 2 N–H and O–H groups in total. The number of aliphatic carboxylic acids is 2. The molecule has 0 aliphatic rings. The Balaban J connectivity index is 2.59. The first-order chi connectivity index (χ1) is 9.52. The number of rotatable bonds is 9. The molecule has 4 nitrogen and oxygen atoms in total. The van der Waals surface area contributed by atoms with Gasteiger partial charge >= 0.3 is 11.9 Å². The fraction of sp³-hybridized carbons (Fsp3) is 0.467. The van der Waals surface area contributed by atoms with Crippen molar-refractivity contribution < 1.29 is 19.8 Å². The van der Waals surface area contributed by atoms with Crippen molar-refractivity contribution in [3.8, 4) is 0 Å². The van der Waals surface area contributed by atoms with Crippen molar-refractivity contribution in [2.75, 3.05) is 5.75 Å². The van der Waals surface area contributed by atoms with Crippen LogP contribution in [0.1, 0.15) is 24.8 Å². The van der Waals surface area contributed by atoms with Gasteiger partial charge in [0, 0.05) is 6.42 Å². The van der Waals surface area contributed by atoms with Crippen molar-refractivity contribution >= 4 is 24.6 Å². The maximum absolute atomic E-state index is 11.2. The second-order valence-corrected chi connectivity index (χ2v) is 5.31. The van der Waals surface area contributed by atoms with Gasteiger partial charge in [-0.1, -0.05) is 30.3 Å². The lowest BCUT2D eigenvalue weighted by molar-refractivity contribution is -0.143. The highest BCUT2D eigenvalue weighted by molar-refractivity contribution is 7.80. The lowest BCUT2D eigenvalue weighted by atomic mass is 9.88. The molecule has 2 atom stereocenters. The van der Waals surface area contributed by atoms with Crippen molar-refractivity contribution in [2.24, 2.45) is 11.8 Å². The lowest BCUT2D eigenvalue weighted by Crippen LogP contribution is -2.21. The number of carbonyl (C=O) groups is 2. The zero-order valence-corrected chi connectivity index (χ0v) is 12.1. The summed E-state index contributed by atoms with van der Waals surface area (Å²) in [6.07, 6.45) is 1.29. The molecule has 0 saturated carbocycles. The van der Waals surface area contributed by atoms with Crippen molar-refractivity contribution in [3.63, 3.8) is 0 Å². The van der Waals surface area contributed by atoms with E-state index in [2.05, 4.69) is 12.6 Å². The molecule has 0 aliphatic heterocycles. The smallest absolute Gasteiger partial charge is 0.306 e. The molecule has 1 aromatic rings. The van der Waals surface area contributed by atoms with Crippen LogP contribution in [0.3, 0.4) is 0 Å². The van der Waals surface area contributed by atoms with Gasteiger partial charge in [0.15, 0.2) is 0 Å². The number of benzene rings is 1. The van der Waals surface area contributed by atoms with Crippen LogP contribution in [-0.2, 0) is 16.0 Å². The van der Waals surface area contributed by atoms with E-state index >= 15 is 0 Å². The molecule has 0 aliphatic carbocycles. The molecule has 0 radical (unpaired) electrons. The van der Waals surface area contributed by atoms with Crippen LogP contribution in [-0.4, -0.2) is 27.9 Å². The molecule has 1 aromatic carbocycles. The highest BCUT2D eigenvalue weighted by Crippen LogP contribution is 2.22. The predicted octanol–water partition coefficient (Wildman–Crippen LogP) is 2.73. The van der Waals surface area contributed by atoms with E-state index in [-0.39, 0.29) is 18.8 Å². The van der Waals surface area contributed by atoms with Crippen molar-refractivity contribution in [3.05, 3.63) is 35.9 Å². The Hall–Kier alpha value is -1.49. The highest BCUT2D eigenvalue weighted by atomic mass is 32.1. The summed E-state index contributed by atoms with van der Waals surface area (Å²) < 4.78 is 0. The SMILES string of the molecule is O=C(O)CCC(CC(CS)Cc1ccccc1)C(=O)O. The van der Waals surface area contributed by atoms with E-state index in [4.69, 9.17) is 5.11 Å². The third-order valence-electron chi connectivity index (χ3n) is 3.30. The molecule has 0 spiro atoms. The molecular weight excluding hydrogens is 276 g/mol. The van der Waals surface area contributed by atoms with E-state index in [1.54, 1.807) is 0 Å². The van der Waals surface area contributed by atoms with Crippen molar-refractivity contribution in [1.82, 2.24) is 0 Å². The van der Waals surface area contributed by atoms with Crippen LogP contribution in [0.25, 0.3) is 0 Å². The molecule has 2 unspecified atom stereocenters. The van der Waals surface area contributed by atoms with Crippen LogP contribution < -0.4 is 0 Å². The minimum absolute atomic E-state index is 0.110. The van der Waals surface area contributed by atoms with Gasteiger partial charge in [0.05, 0.1) is 5.92 Å². The molecule has 1 rings (SSSR count). The van der Waals surface area contributed by atoms with Gasteiger partial charge in [0.2, 0.25) is 0 Å². The van der Waals surface area contributed by atoms with Gasteiger partial charge in [-0.15, -0.1) is 0 Å². The summed E-state index contributed by atoms with van der Waals surface area (Å²) in [5, 5.41) is 17.8. The molecule has 0 amide bonds. The first kappa shape index (κ1) is 16.6. The van der Waals surface area contributed by atoms with Crippen LogP contribution in [0.5, 0.6) is 0 Å². The van der Waals surface area contributed by atoms with Gasteiger partial charge in [-0.3, -0.25) is 9.59 Å². The average Bonchev–Trinajstić information content (AvgIpc) is 2.42. The zero-order chi connectivity index (χ0) is 15.0. The number of carboxylic acid groups (broad SMARTS) is 2. The van der Waals surface area contributed by atoms with Crippen LogP contribution in [0.4, 0.5) is 0 Å². The third-order valence-corrected chi connectivity index (χ3v) is 3.82.